The second-order valence-corrected chi connectivity index (χ2v) is 6.92. The third kappa shape index (κ3) is 5.42. The Morgan fingerprint density at radius 2 is 1.74 bits per heavy atom. The van der Waals surface area contributed by atoms with Crippen molar-refractivity contribution in [2.24, 2.45) is 5.10 Å². The average Bonchev–Trinajstić information content (AvgIpc) is 2.69. The highest BCUT2D eigenvalue weighted by Crippen LogP contribution is 2.20. The monoisotopic (exact) mass is 442 g/mol. The minimum Gasteiger partial charge on any atom is -0.488 e. The molecule has 1 amide bonds. The Bertz CT molecular complexity index is 958. The van der Waals surface area contributed by atoms with Gasteiger partial charge in [0.1, 0.15) is 12.4 Å². The van der Waals surface area contributed by atoms with Gasteiger partial charge in [0.2, 0.25) is 0 Å². The van der Waals surface area contributed by atoms with E-state index in [2.05, 4.69) is 26.5 Å². The zero-order chi connectivity index (χ0) is 19.1. The number of carbonyl (C=O) groups is 1. The van der Waals surface area contributed by atoms with Crippen LogP contribution >= 0.6 is 27.5 Å². The van der Waals surface area contributed by atoms with Gasteiger partial charge in [-0.15, -0.1) is 0 Å². The maximum Gasteiger partial charge on any atom is 0.275 e. The van der Waals surface area contributed by atoms with E-state index in [-0.39, 0.29) is 5.91 Å². The first-order valence-electron chi connectivity index (χ1n) is 8.17. The number of nitrogens with zero attached hydrogens (tertiary/aromatic N) is 1. The molecule has 6 heteroatoms. The summed E-state index contributed by atoms with van der Waals surface area (Å²) >= 11 is 9.32. The fourth-order valence-electron chi connectivity index (χ4n) is 2.32. The molecule has 27 heavy (non-hydrogen) atoms. The van der Waals surface area contributed by atoms with Crippen molar-refractivity contribution in [2.75, 3.05) is 0 Å². The van der Waals surface area contributed by atoms with Crippen LogP contribution in [-0.4, -0.2) is 12.1 Å². The van der Waals surface area contributed by atoms with Gasteiger partial charge in [-0.2, -0.15) is 5.10 Å². The van der Waals surface area contributed by atoms with Crippen LogP contribution in [0.15, 0.2) is 82.4 Å². The number of hydrogen-bond donors (Lipinski definition) is 1. The highest BCUT2D eigenvalue weighted by atomic mass is 79.9. The molecule has 3 rings (SSSR count). The Balaban J connectivity index is 1.66. The van der Waals surface area contributed by atoms with Gasteiger partial charge < -0.3 is 4.74 Å². The van der Waals surface area contributed by atoms with E-state index in [0.717, 1.165) is 15.6 Å². The van der Waals surface area contributed by atoms with E-state index in [1.54, 1.807) is 36.5 Å². The second-order valence-electron chi connectivity index (χ2n) is 5.63. The number of rotatable bonds is 6. The normalized spacial score (nSPS) is 10.7. The second kappa shape index (κ2) is 9.35. The molecule has 0 saturated carbocycles. The van der Waals surface area contributed by atoms with Crippen LogP contribution in [0.2, 0.25) is 5.02 Å². The quantitative estimate of drug-likeness (QED) is 0.407. The van der Waals surface area contributed by atoms with Gasteiger partial charge in [0.05, 0.1) is 11.8 Å². The van der Waals surface area contributed by atoms with E-state index in [4.69, 9.17) is 16.3 Å². The van der Waals surface area contributed by atoms with Crippen molar-refractivity contribution in [2.45, 2.75) is 6.61 Å². The molecule has 3 aromatic rings. The minimum absolute atomic E-state index is 0.335. The molecule has 0 aliphatic rings. The van der Waals surface area contributed by atoms with Crippen molar-refractivity contribution in [1.29, 1.82) is 0 Å². The lowest BCUT2D eigenvalue weighted by molar-refractivity contribution is 0.0950. The fourth-order valence-corrected chi connectivity index (χ4v) is 2.84. The van der Waals surface area contributed by atoms with Crippen LogP contribution in [0.5, 0.6) is 5.75 Å². The summed E-state index contributed by atoms with van der Waals surface area (Å²) in [5.41, 5.74) is 4.77. The van der Waals surface area contributed by atoms with Crippen molar-refractivity contribution < 1.29 is 9.53 Å². The van der Waals surface area contributed by atoms with E-state index in [1.807, 2.05) is 42.5 Å². The van der Waals surface area contributed by atoms with Gasteiger partial charge in [-0.3, -0.25) is 4.79 Å². The average molecular weight is 444 g/mol. The third-order valence-corrected chi connectivity index (χ3v) is 4.69. The van der Waals surface area contributed by atoms with E-state index in [1.165, 1.54) is 0 Å². The van der Waals surface area contributed by atoms with Gasteiger partial charge in [-0.25, -0.2) is 5.43 Å². The van der Waals surface area contributed by atoms with Crippen LogP contribution in [0, 0.1) is 0 Å². The summed E-state index contributed by atoms with van der Waals surface area (Å²) in [4.78, 5) is 12.5. The first kappa shape index (κ1) is 19.1. The summed E-state index contributed by atoms with van der Waals surface area (Å²) < 4.78 is 6.70. The highest BCUT2D eigenvalue weighted by molar-refractivity contribution is 9.10. The molecule has 4 nitrogen and oxygen atoms in total. The van der Waals surface area contributed by atoms with Gasteiger partial charge in [-0.1, -0.05) is 70.0 Å². The van der Waals surface area contributed by atoms with Crippen LogP contribution in [-0.2, 0) is 6.61 Å². The number of hydrogen-bond acceptors (Lipinski definition) is 3. The highest BCUT2D eigenvalue weighted by Gasteiger charge is 2.11. The molecule has 0 atom stereocenters. The summed E-state index contributed by atoms with van der Waals surface area (Å²) in [6.07, 6.45) is 1.58. The predicted molar refractivity (Wildman–Crippen MR) is 111 cm³/mol. The molecule has 136 valence electrons. The number of benzene rings is 3. The number of hydrazone groups is 1. The van der Waals surface area contributed by atoms with Crippen molar-refractivity contribution in [3.05, 3.63) is 99.0 Å². The van der Waals surface area contributed by atoms with Gasteiger partial charge in [-0.05, 0) is 35.9 Å². The number of amides is 1. The van der Waals surface area contributed by atoms with Crippen LogP contribution in [0.25, 0.3) is 0 Å². The molecule has 0 bridgehead atoms. The Hall–Kier alpha value is -2.63. The predicted octanol–water partition coefficient (Wildman–Crippen LogP) is 5.45. The fraction of sp³-hybridized carbons (Fsp3) is 0.0476. The molecule has 3 aromatic carbocycles. The van der Waals surface area contributed by atoms with Crippen LogP contribution < -0.4 is 10.2 Å². The molecule has 0 aliphatic heterocycles. The summed E-state index contributed by atoms with van der Waals surface area (Å²) in [5, 5.41) is 4.69. The summed E-state index contributed by atoms with van der Waals surface area (Å²) in [7, 11) is 0. The minimum atomic E-state index is -0.343. The zero-order valence-electron chi connectivity index (χ0n) is 14.2. The lowest BCUT2D eigenvalue weighted by Gasteiger charge is -2.10. The molecule has 0 aliphatic carbocycles. The Labute approximate surface area is 171 Å². The summed E-state index contributed by atoms with van der Waals surface area (Å²) in [5.74, 6) is 0.144. The molecule has 0 saturated heterocycles. The maximum atomic E-state index is 12.5. The van der Waals surface area contributed by atoms with Crippen LogP contribution in [0.4, 0.5) is 0 Å². The number of ether oxygens (including phenoxy) is 1. The molecule has 0 spiro atoms. The third-order valence-electron chi connectivity index (χ3n) is 3.71. The number of para-hydroxylation sites is 1. The van der Waals surface area contributed by atoms with E-state index >= 15 is 0 Å². The molecule has 0 fully saturated rings. The summed E-state index contributed by atoms with van der Waals surface area (Å²) in [6.45, 7) is 0.335. The number of carbonyl (C=O) groups excluding carboxylic acids is 1. The Morgan fingerprint density at radius 1 is 1.04 bits per heavy atom. The van der Waals surface area contributed by atoms with Crippen LogP contribution in [0.3, 0.4) is 0 Å². The molecule has 0 unspecified atom stereocenters. The lowest BCUT2D eigenvalue weighted by Crippen LogP contribution is -2.18. The SMILES string of the molecule is O=C(NN=Cc1ccccc1Br)c1ccccc1OCc1ccc(Cl)cc1. The number of nitrogens with one attached hydrogen (secondary N) is 1. The first-order chi connectivity index (χ1) is 13.1. The van der Waals surface area contributed by atoms with Gasteiger partial charge in [0.15, 0.2) is 0 Å². The largest absolute Gasteiger partial charge is 0.488 e. The molecule has 1 N–H and O–H groups in total. The molecule has 0 aromatic heterocycles. The molecular formula is C21H16BrClN2O2. The van der Waals surface area contributed by atoms with Crippen LogP contribution in [0.1, 0.15) is 21.5 Å². The topological polar surface area (TPSA) is 50.7 Å². The van der Waals surface area contributed by atoms with Crippen molar-refractivity contribution >= 4 is 39.7 Å². The van der Waals surface area contributed by atoms with Gasteiger partial charge >= 0.3 is 0 Å². The lowest BCUT2D eigenvalue weighted by atomic mass is 10.2. The van der Waals surface area contributed by atoms with Crippen molar-refractivity contribution in [3.63, 3.8) is 0 Å². The van der Waals surface area contributed by atoms with E-state index in [0.29, 0.717) is 22.9 Å². The molecule has 0 radical (unpaired) electrons. The first-order valence-corrected chi connectivity index (χ1v) is 9.35. The van der Waals surface area contributed by atoms with Crippen molar-refractivity contribution in [1.82, 2.24) is 5.43 Å². The van der Waals surface area contributed by atoms with Crippen molar-refractivity contribution in [3.8, 4) is 5.75 Å². The molecular weight excluding hydrogens is 428 g/mol. The smallest absolute Gasteiger partial charge is 0.275 e. The maximum absolute atomic E-state index is 12.5. The number of halogens is 2. The summed E-state index contributed by atoms with van der Waals surface area (Å²) in [6, 6.07) is 22.0. The molecule has 0 heterocycles. The Morgan fingerprint density at radius 3 is 2.52 bits per heavy atom. The van der Waals surface area contributed by atoms with E-state index in [9.17, 15) is 4.79 Å². The zero-order valence-corrected chi connectivity index (χ0v) is 16.6. The Kier molecular flexibility index (Phi) is 6.63. The van der Waals surface area contributed by atoms with Gasteiger partial charge in [0.25, 0.3) is 5.91 Å². The van der Waals surface area contributed by atoms with Gasteiger partial charge in [0, 0.05) is 15.1 Å². The van der Waals surface area contributed by atoms with E-state index < -0.39 is 0 Å². The standard InChI is InChI=1S/C21H16BrClN2O2/c22-19-7-3-1-5-16(19)13-24-25-21(26)18-6-2-4-8-20(18)27-14-15-9-11-17(23)12-10-15/h1-13H,14H2,(H,25,26).